The number of carbonyl (C=O) groups is 1. The zero-order chi connectivity index (χ0) is 16.4. The van der Waals surface area contributed by atoms with Crippen LogP contribution in [-0.4, -0.2) is 29.8 Å². The Morgan fingerprint density at radius 1 is 1.26 bits per heavy atom. The highest BCUT2D eigenvalue weighted by atomic mass is 32.2. The van der Waals surface area contributed by atoms with Gasteiger partial charge < -0.3 is 4.74 Å². The maximum Gasteiger partial charge on any atom is 0.367 e. The van der Waals surface area contributed by atoms with E-state index in [1.165, 1.54) is 0 Å². The summed E-state index contributed by atoms with van der Waals surface area (Å²) in [7, 11) is -4.05. The molecule has 0 saturated heterocycles. The summed E-state index contributed by atoms with van der Waals surface area (Å²) in [5, 5.41) is -0.519. The van der Waals surface area contributed by atoms with E-state index >= 15 is 0 Å². The third-order valence-corrected chi connectivity index (χ3v) is 4.76. The predicted octanol–water partition coefficient (Wildman–Crippen LogP) is 4.70. The minimum absolute atomic E-state index is 0. The fourth-order valence-corrected chi connectivity index (χ4v) is 3.45. The van der Waals surface area contributed by atoms with Crippen LogP contribution in [0.5, 0.6) is 0 Å². The average molecular weight is 363 g/mol. The molecule has 0 amide bonds. The molecule has 1 atom stereocenters. The molecule has 1 aromatic rings. The van der Waals surface area contributed by atoms with Gasteiger partial charge >= 0.3 is 5.30 Å². The second-order valence-electron chi connectivity index (χ2n) is 4.90. The Bertz CT molecular complexity index is 543. The van der Waals surface area contributed by atoms with E-state index in [1.807, 2.05) is 30.3 Å². The molecule has 0 bridgehead atoms. The van der Waals surface area contributed by atoms with Crippen LogP contribution >= 0.6 is 11.8 Å². The van der Waals surface area contributed by atoms with Crippen LogP contribution in [0.3, 0.4) is 0 Å². The highest BCUT2D eigenvalue weighted by molar-refractivity contribution is 8.13. The molecule has 0 radical (unpaired) electrons. The maximum absolute atomic E-state index is 11.8. The molecule has 0 aliphatic carbocycles. The number of carbonyl (C=O) groups excluding carboxylic acids is 1. The Labute approximate surface area is 143 Å². The summed E-state index contributed by atoms with van der Waals surface area (Å²) in [6.07, 6.45) is 3.52. The normalized spacial score (nSPS) is 12.3. The molecule has 132 valence electrons. The van der Waals surface area contributed by atoms with Gasteiger partial charge in [-0.25, -0.2) is 4.79 Å². The topological polar surface area (TPSA) is 80.7 Å². The van der Waals surface area contributed by atoms with E-state index in [0.717, 1.165) is 43.0 Å². The Balaban J connectivity index is 0.00000484. The second kappa shape index (κ2) is 11.5. The first-order valence-corrected chi connectivity index (χ1v) is 9.85. The average Bonchev–Trinajstić information content (AvgIpc) is 2.46. The van der Waals surface area contributed by atoms with Crippen molar-refractivity contribution in [1.82, 2.24) is 0 Å². The Hall–Kier alpha value is -1.05. The smallest absolute Gasteiger partial charge is 0.367 e. The lowest BCUT2D eigenvalue weighted by Gasteiger charge is -2.18. The molecule has 1 unspecified atom stereocenters. The summed E-state index contributed by atoms with van der Waals surface area (Å²) < 4.78 is 35.3. The van der Waals surface area contributed by atoms with E-state index < -0.39 is 21.2 Å². The number of rotatable bonds is 9. The van der Waals surface area contributed by atoms with Crippen molar-refractivity contribution in [3.05, 3.63) is 35.9 Å². The first-order valence-electron chi connectivity index (χ1n) is 7.26. The lowest BCUT2D eigenvalue weighted by Crippen LogP contribution is -2.11. The van der Waals surface area contributed by atoms with E-state index in [4.69, 9.17) is 9.29 Å². The van der Waals surface area contributed by atoms with Crippen molar-refractivity contribution in [3.63, 3.8) is 0 Å². The molecular weight excluding hydrogens is 336 g/mol. The first-order chi connectivity index (χ1) is 10.4. The highest BCUT2D eigenvalue weighted by Gasteiger charge is 2.17. The van der Waals surface area contributed by atoms with Crippen LogP contribution in [0.2, 0.25) is 0 Å². The van der Waals surface area contributed by atoms with Gasteiger partial charge in [0, 0.05) is 5.75 Å². The monoisotopic (exact) mass is 362 g/mol. The maximum atomic E-state index is 11.8. The van der Waals surface area contributed by atoms with Gasteiger partial charge in [0.1, 0.15) is 6.10 Å². The van der Waals surface area contributed by atoms with Crippen LogP contribution in [0.15, 0.2) is 30.3 Å². The van der Waals surface area contributed by atoms with Gasteiger partial charge in [0.2, 0.25) is 0 Å². The zero-order valence-corrected chi connectivity index (χ0v) is 14.2. The van der Waals surface area contributed by atoms with Gasteiger partial charge in [-0.3, -0.25) is 4.55 Å². The molecule has 0 aliphatic rings. The lowest BCUT2D eigenvalue weighted by atomic mass is 10.0. The molecule has 0 saturated carbocycles. The fourth-order valence-electron chi connectivity index (χ4n) is 1.92. The molecule has 0 aromatic heterocycles. The number of benzene rings is 1. The van der Waals surface area contributed by atoms with Crippen LogP contribution < -0.4 is 0 Å². The van der Waals surface area contributed by atoms with Crippen LogP contribution in [0.25, 0.3) is 0 Å². The van der Waals surface area contributed by atoms with Gasteiger partial charge in [-0.15, -0.1) is 0 Å². The number of ether oxygens (including phenoxy) is 1. The summed E-state index contributed by atoms with van der Waals surface area (Å²) in [5.74, 6) is -0.479. The lowest BCUT2D eigenvalue weighted by molar-refractivity contribution is 0.115. The molecule has 0 spiro atoms. The molecule has 1 N–H and O–H groups in total. The SMILES string of the molecule is C.CCCCCC(OC(=O)SCCS(=O)(=O)O)c1ccccc1. The molecule has 23 heavy (non-hydrogen) atoms. The first kappa shape index (κ1) is 21.9. The van der Waals surface area contributed by atoms with Crippen molar-refractivity contribution in [3.8, 4) is 0 Å². The van der Waals surface area contributed by atoms with Crippen molar-refractivity contribution in [2.24, 2.45) is 0 Å². The predicted molar refractivity (Wildman–Crippen MR) is 95.4 cm³/mol. The molecular formula is C16H26O5S2. The second-order valence-corrected chi connectivity index (χ2v) is 7.50. The molecule has 5 nitrogen and oxygen atoms in total. The molecule has 7 heteroatoms. The number of unbranched alkanes of at least 4 members (excludes halogenated alkanes) is 2. The number of hydrogen-bond donors (Lipinski definition) is 1. The molecule has 1 rings (SSSR count). The van der Waals surface area contributed by atoms with Gasteiger partial charge in [0.15, 0.2) is 0 Å². The standard InChI is InChI=1S/C15H22O5S2.CH4/c1-2-3-5-10-14(13-8-6-4-7-9-13)20-15(16)21-11-12-22(17,18)19;/h4,6-9,14H,2-3,5,10-12H2,1H3,(H,17,18,19);1H4. The van der Waals surface area contributed by atoms with E-state index in [0.29, 0.717) is 0 Å². The number of hydrogen-bond acceptors (Lipinski definition) is 5. The summed E-state index contributed by atoms with van der Waals surface area (Å²) in [5.41, 5.74) is 0.933. The van der Waals surface area contributed by atoms with Gasteiger partial charge in [0.25, 0.3) is 10.1 Å². The summed E-state index contributed by atoms with van der Waals surface area (Å²) in [4.78, 5) is 11.8. The molecule has 0 fully saturated rings. The third-order valence-electron chi connectivity index (χ3n) is 3.04. The van der Waals surface area contributed by atoms with Crippen LogP contribution in [-0.2, 0) is 14.9 Å². The van der Waals surface area contributed by atoms with E-state index in [2.05, 4.69) is 6.92 Å². The summed E-state index contributed by atoms with van der Waals surface area (Å²) >= 11 is 0.765. The summed E-state index contributed by atoms with van der Waals surface area (Å²) in [6.45, 7) is 2.11. The van der Waals surface area contributed by atoms with Gasteiger partial charge in [0.05, 0.1) is 5.75 Å². The van der Waals surface area contributed by atoms with Crippen molar-refractivity contribution >= 4 is 27.2 Å². The molecule has 0 aliphatic heterocycles. The summed E-state index contributed by atoms with van der Waals surface area (Å²) in [6, 6.07) is 9.50. The Morgan fingerprint density at radius 3 is 2.48 bits per heavy atom. The van der Waals surface area contributed by atoms with Gasteiger partial charge in [-0.2, -0.15) is 8.42 Å². The van der Waals surface area contributed by atoms with Crippen molar-refractivity contribution < 1.29 is 22.5 Å². The van der Waals surface area contributed by atoms with Crippen LogP contribution in [0.4, 0.5) is 4.79 Å². The van der Waals surface area contributed by atoms with Crippen molar-refractivity contribution in [2.45, 2.75) is 46.1 Å². The van der Waals surface area contributed by atoms with Crippen molar-refractivity contribution in [1.29, 1.82) is 0 Å². The van der Waals surface area contributed by atoms with E-state index in [9.17, 15) is 13.2 Å². The Kier molecular flexibility index (Phi) is 11.0. The molecule has 1 aromatic carbocycles. The quantitative estimate of drug-likeness (QED) is 0.389. The third kappa shape index (κ3) is 10.4. The number of thioether (sulfide) groups is 1. The van der Waals surface area contributed by atoms with E-state index in [1.54, 1.807) is 0 Å². The van der Waals surface area contributed by atoms with Gasteiger partial charge in [-0.05, 0) is 30.2 Å². The van der Waals surface area contributed by atoms with E-state index in [-0.39, 0.29) is 19.3 Å². The van der Waals surface area contributed by atoms with Gasteiger partial charge in [-0.1, -0.05) is 57.5 Å². The molecule has 0 heterocycles. The largest absolute Gasteiger partial charge is 0.449 e. The van der Waals surface area contributed by atoms with Crippen molar-refractivity contribution in [2.75, 3.05) is 11.5 Å². The van der Waals surface area contributed by atoms with Crippen LogP contribution in [0, 0.1) is 0 Å². The highest BCUT2D eigenvalue weighted by Crippen LogP contribution is 2.26. The Morgan fingerprint density at radius 2 is 1.91 bits per heavy atom. The minimum atomic E-state index is -4.05. The fraction of sp³-hybridized carbons (Fsp3) is 0.562. The van der Waals surface area contributed by atoms with Crippen LogP contribution in [0.1, 0.15) is 51.7 Å². The zero-order valence-electron chi connectivity index (χ0n) is 12.6. The minimum Gasteiger partial charge on any atom is -0.449 e.